The summed E-state index contributed by atoms with van der Waals surface area (Å²) in [4.78, 5) is 20.6. The number of nitrogens with one attached hydrogen (secondary N) is 2. The maximum absolute atomic E-state index is 10.5. The van der Waals surface area contributed by atoms with Crippen molar-refractivity contribution < 1.29 is 19.7 Å². The molecule has 0 heterocycles. The Morgan fingerprint density at radius 1 is 1.60 bits per heavy atom. The number of carbonyl (C=O) groups is 1. The number of guanidine groups is 1. The van der Waals surface area contributed by atoms with Crippen LogP contribution in [0, 0.1) is 10.1 Å². The lowest BCUT2D eigenvalue weighted by atomic mass is 10.1. The van der Waals surface area contributed by atoms with Crippen LogP contribution >= 0.6 is 0 Å². The van der Waals surface area contributed by atoms with E-state index in [1.54, 1.807) is 12.1 Å². The molecule has 0 radical (unpaired) electrons. The summed E-state index contributed by atoms with van der Waals surface area (Å²) in [5, 5.41) is 25.4. The van der Waals surface area contributed by atoms with E-state index >= 15 is 0 Å². The lowest BCUT2D eigenvalue weighted by Gasteiger charge is -2.11. The second-order valence-electron chi connectivity index (χ2n) is 3.53. The van der Waals surface area contributed by atoms with Gasteiger partial charge >= 0.3 is 6.09 Å². The van der Waals surface area contributed by atoms with Crippen LogP contribution < -0.4 is 21.1 Å². The van der Waals surface area contributed by atoms with E-state index in [0.717, 1.165) is 0 Å². The van der Waals surface area contributed by atoms with Crippen LogP contribution in [0.15, 0.2) is 23.3 Å². The summed E-state index contributed by atoms with van der Waals surface area (Å²) in [6.07, 6.45) is -1.18. The Morgan fingerprint density at radius 2 is 2.30 bits per heavy atom. The molecule has 1 amide bonds. The Kier molecular flexibility index (Phi) is 5.09. The smallest absolute Gasteiger partial charge is 0.404 e. The zero-order valence-corrected chi connectivity index (χ0v) is 10.5. The molecule has 0 atom stereocenters. The largest absolute Gasteiger partial charge is 0.496 e. The molecule has 0 aliphatic rings. The van der Waals surface area contributed by atoms with E-state index in [2.05, 4.69) is 15.7 Å². The number of nitrogens with two attached hydrogens (primary N) is 1. The number of hydrogen-bond acceptors (Lipinski definition) is 4. The van der Waals surface area contributed by atoms with Crippen molar-refractivity contribution >= 4 is 17.7 Å². The molecule has 0 saturated heterocycles. The number of carboxylic acid groups (broad SMARTS) is 1. The molecule has 0 fully saturated rings. The number of methoxy groups -OCH3 is 1. The summed E-state index contributed by atoms with van der Waals surface area (Å²) < 4.78 is 5.07. The number of benzene rings is 1. The Balaban J connectivity index is 2.91. The second kappa shape index (κ2) is 6.78. The number of nitro groups is 1. The lowest BCUT2D eigenvalue weighted by molar-refractivity contribution is -0.485. The van der Waals surface area contributed by atoms with Crippen LogP contribution in [0.2, 0.25) is 0 Å². The van der Waals surface area contributed by atoms with Gasteiger partial charge in [-0.1, -0.05) is 0 Å². The van der Waals surface area contributed by atoms with Crippen molar-refractivity contribution in [1.82, 2.24) is 5.32 Å². The molecule has 0 aliphatic carbocycles. The number of hydrogen-bond donors (Lipinski definition) is 4. The second-order valence-corrected chi connectivity index (χ2v) is 3.53. The molecular weight excluding hydrogens is 270 g/mol. The molecule has 0 unspecified atom stereocenters. The Hall–Kier alpha value is -3.04. The van der Waals surface area contributed by atoms with E-state index in [4.69, 9.17) is 15.6 Å². The summed E-state index contributed by atoms with van der Waals surface area (Å²) >= 11 is 0. The maximum atomic E-state index is 10.5. The van der Waals surface area contributed by atoms with Crippen LogP contribution in [-0.4, -0.2) is 29.3 Å². The minimum atomic E-state index is -1.18. The predicted molar refractivity (Wildman–Crippen MR) is 70.1 cm³/mol. The molecule has 10 nitrogen and oxygen atoms in total. The zero-order valence-electron chi connectivity index (χ0n) is 10.5. The van der Waals surface area contributed by atoms with Crippen LogP contribution in [0.4, 0.5) is 10.5 Å². The molecule has 5 N–H and O–H groups in total. The molecule has 10 heteroatoms. The highest BCUT2D eigenvalue weighted by molar-refractivity contribution is 5.91. The fraction of sp³-hybridized carbons (Fsp3) is 0.200. The Bertz CT molecular complexity index is 545. The molecule has 20 heavy (non-hydrogen) atoms. The van der Waals surface area contributed by atoms with Crippen molar-refractivity contribution in [2.24, 2.45) is 10.8 Å². The molecule has 0 aliphatic heterocycles. The third kappa shape index (κ3) is 4.68. The monoisotopic (exact) mass is 283 g/mol. The average Bonchev–Trinajstić information content (AvgIpc) is 2.35. The standard InChI is InChI=1S/C10H13N5O5/c1-20-8-3-2-7(13-9(11)14-15(18)19)4-6(8)5-12-10(16)17/h2-4,12H,5H2,1H3,(H,16,17)(H3,11,13,14). The van der Waals surface area contributed by atoms with Crippen LogP contribution in [0.25, 0.3) is 0 Å². The van der Waals surface area contributed by atoms with Gasteiger partial charge in [-0.2, -0.15) is 0 Å². The van der Waals surface area contributed by atoms with Gasteiger partial charge in [0.25, 0.3) is 5.96 Å². The van der Waals surface area contributed by atoms with Gasteiger partial charge in [-0.25, -0.2) is 14.9 Å². The lowest BCUT2D eigenvalue weighted by Crippen LogP contribution is -2.24. The molecule has 108 valence electrons. The number of ether oxygens (including phenoxy) is 1. The third-order valence-corrected chi connectivity index (χ3v) is 2.17. The number of anilines is 1. The number of rotatable bonds is 5. The Morgan fingerprint density at radius 3 is 2.85 bits per heavy atom. The first-order valence-corrected chi connectivity index (χ1v) is 5.31. The first-order valence-electron chi connectivity index (χ1n) is 5.31. The molecular formula is C10H13N5O5. The maximum Gasteiger partial charge on any atom is 0.404 e. The van der Waals surface area contributed by atoms with E-state index < -0.39 is 17.1 Å². The number of nitrogens with zero attached hydrogens (tertiary/aromatic N) is 2. The van der Waals surface area contributed by atoms with E-state index in [9.17, 15) is 14.9 Å². The van der Waals surface area contributed by atoms with E-state index in [-0.39, 0.29) is 6.54 Å². The SMILES string of the molecule is COc1ccc(NC(N)=N[N+](=O)[O-])cc1CNC(=O)O. The van der Waals surface area contributed by atoms with Gasteiger partial charge in [0.2, 0.25) is 0 Å². The first kappa shape index (κ1) is 15.0. The van der Waals surface area contributed by atoms with Gasteiger partial charge in [0.1, 0.15) is 10.9 Å². The molecule has 0 spiro atoms. The summed E-state index contributed by atoms with van der Waals surface area (Å²) in [7, 11) is 1.44. The van der Waals surface area contributed by atoms with Crippen molar-refractivity contribution in [2.75, 3.05) is 12.4 Å². The molecule has 0 bridgehead atoms. The van der Waals surface area contributed by atoms with Gasteiger partial charge in [-0.15, -0.1) is 0 Å². The van der Waals surface area contributed by atoms with Crippen molar-refractivity contribution in [3.8, 4) is 5.75 Å². The first-order chi connectivity index (χ1) is 9.42. The van der Waals surface area contributed by atoms with Crippen LogP contribution in [0.1, 0.15) is 5.56 Å². The van der Waals surface area contributed by atoms with Gasteiger partial charge in [-0.3, -0.25) is 0 Å². The molecule has 1 aromatic carbocycles. The normalized spacial score (nSPS) is 10.8. The zero-order chi connectivity index (χ0) is 15.1. The fourth-order valence-corrected chi connectivity index (χ4v) is 1.43. The number of hydrazone groups is 1. The number of amides is 1. The minimum Gasteiger partial charge on any atom is -0.496 e. The molecule has 1 aromatic rings. The summed E-state index contributed by atoms with van der Waals surface area (Å²) in [5.41, 5.74) is 6.25. The van der Waals surface area contributed by atoms with Gasteiger partial charge in [-0.05, 0) is 18.2 Å². The molecule has 0 saturated carbocycles. The Labute approximate surface area is 113 Å². The topological polar surface area (TPSA) is 152 Å². The van der Waals surface area contributed by atoms with E-state index in [1.165, 1.54) is 13.2 Å². The van der Waals surface area contributed by atoms with Crippen molar-refractivity contribution in [3.05, 3.63) is 33.9 Å². The fourth-order valence-electron chi connectivity index (χ4n) is 1.43. The van der Waals surface area contributed by atoms with Gasteiger partial charge < -0.3 is 26.2 Å². The molecule has 0 aromatic heterocycles. The highest BCUT2D eigenvalue weighted by Gasteiger charge is 2.07. The van der Waals surface area contributed by atoms with Crippen LogP contribution in [-0.2, 0) is 6.54 Å². The quantitative estimate of drug-likeness (QED) is 0.264. The average molecular weight is 283 g/mol. The van der Waals surface area contributed by atoms with Crippen molar-refractivity contribution in [2.45, 2.75) is 6.54 Å². The minimum absolute atomic E-state index is 0.0142. The van der Waals surface area contributed by atoms with Crippen LogP contribution in [0.5, 0.6) is 5.75 Å². The van der Waals surface area contributed by atoms with Gasteiger partial charge in [0.15, 0.2) is 5.03 Å². The van der Waals surface area contributed by atoms with Crippen molar-refractivity contribution in [3.63, 3.8) is 0 Å². The highest BCUT2D eigenvalue weighted by atomic mass is 16.7. The van der Waals surface area contributed by atoms with Gasteiger partial charge in [0, 0.05) is 17.8 Å². The highest BCUT2D eigenvalue weighted by Crippen LogP contribution is 2.22. The third-order valence-electron chi connectivity index (χ3n) is 2.17. The van der Waals surface area contributed by atoms with Crippen LogP contribution in [0.3, 0.4) is 0 Å². The van der Waals surface area contributed by atoms with Gasteiger partial charge in [0.05, 0.1) is 7.11 Å². The summed E-state index contributed by atoms with van der Waals surface area (Å²) in [6, 6.07) is 4.67. The van der Waals surface area contributed by atoms with Crippen molar-refractivity contribution in [1.29, 1.82) is 0 Å². The summed E-state index contributed by atoms with van der Waals surface area (Å²) in [6.45, 7) is 0.0142. The molecule has 1 rings (SSSR count). The van der Waals surface area contributed by atoms with E-state index in [0.29, 0.717) is 17.0 Å². The summed E-state index contributed by atoms with van der Waals surface area (Å²) in [5.74, 6) is 0.0754. The van der Waals surface area contributed by atoms with E-state index in [1.807, 2.05) is 0 Å². The predicted octanol–water partition coefficient (Wildman–Crippen LogP) is 0.381.